The van der Waals surface area contributed by atoms with Crippen molar-refractivity contribution in [2.45, 2.75) is 84.2 Å². The highest BCUT2D eigenvalue weighted by Gasteiger charge is 2.24. The predicted molar refractivity (Wildman–Crippen MR) is 121 cm³/mol. The number of aryl methyl sites for hydroxylation is 1. The largest absolute Gasteiger partial charge is 0.373 e. The van der Waals surface area contributed by atoms with Crippen LogP contribution in [0.1, 0.15) is 88.9 Å². The maximum atomic E-state index is 14.9. The first-order chi connectivity index (χ1) is 15.0. The number of ether oxygens (including phenoxy) is 1. The van der Waals surface area contributed by atoms with Gasteiger partial charge in [0.1, 0.15) is 5.82 Å². The summed E-state index contributed by atoms with van der Waals surface area (Å²) in [5, 5.41) is 0. The summed E-state index contributed by atoms with van der Waals surface area (Å²) >= 11 is 0. The van der Waals surface area contributed by atoms with Crippen LogP contribution >= 0.6 is 0 Å². The minimum atomic E-state index is -0.978. The second-order valence-corrected chi connectivity index (χ2v) is 8.86. The van der Waals surface area contributed by atoms with E-state index in [-0.39, 0.29) is 17.2 Å². The summed E-state index contributed by atoms with van der Waals surface area (Å²) in [4.78, 5) is 0. The zero-order valence-corrected chi connectivity index (χ0v) is 18.9. The lowest BCUT2D eigenvalue weighted by Gasteiger charge is -2.29. The molecule has 3 rings (SSSR count). The average Bonchev–Trinajstić information content (AvgIpc) is 2.78. The Morgan fingerprint density at radius 3 is 2.29 bits per heavy atom. The van der Waals surface area contributed by atoms with Gasteiger partial charge in [0.15, 0.2) is 11.6 Å². The Bertz CT molecular complexity index is 841. The zero-order chi connectivity index (χ0) is 22.2. The summed E-state index contributed by atoms with van der Waals surface area (Å²) in [6.07, 6.45) is 10.6. The molecule has 2 aromatic rings. The topological polar surface area (TPSA) is 9.23 Å². The number of hydrogen-bond acceptors (Lipinski definition) is 1. The summed E-state index contributed by atoms with van der Waals surface area (Å²) in [6, 6.07) is 7.78. The van der Waals surface area contributed by atoms with Gasteiger partial charge >= 0.3 is 0 Å². The minimum absolute atomic E-state index is 0.0332. The molecular weight excluding hydrogens is 397 g/mol. The molecule has 1 aliphatic heterocycles. The second-order valence-electron chi connectivity index (χ2n) is 8.86. The molecule has 1 heterocycles. The molecule has 1 nitrogen and oxygen atoms in total. The molecule has 0 saturated carbocycles. The van der Waals surface area contributed by atoms with Crippen molar-refractivity contribution in [1.29, 1.82) is 0 Å². The van der Waals surface area contributed by atoms with E-state index in [1.165, 1.54) is 50.7 Å². The molecule has 1 aliphatic rings. The third-order valence-corrected chi connectivity index (χ3v) is 6.42. The van der Waals surface area contributed by atoms with Crippen LogP contribution in [0.3, 0.4) is 0 Å². The highest BCUT2D eigenvalue weighted by Crippen LogP contribution is 2.35. The van der Waals surface area contributed by atoms with Crippen LogP contribution in [0, 0.1) is 23.4 Å². The Kier molecular flexibility index (Phi) is 9.01. The Morgan fingerprint density at radius 2 is 1.61 bits per heavy atom. The number of hydrogen-bond donors (Lipinski definition) is 0. The van der Waals surface area contributed by atoms with Gasteiger partial charge < -0.3 is 4.74 Å². The summed E-state index contributed by atoms with van der Waals surface area (Å²) in [6.45, 7) is 4.84. The van der Waals surface area contributed by atoms with Crippen molar-refractivity contribution in [3.63, 3.8) is 0 Å². The molecule has 0 radical (unpaired) electrons. The van der Waals surface area contributed by atoms with Gasteiger partial charge in [0, 0.05) is 11.1 Å². The van der Waals surface area contributed by atoms with E-state index in [4.69, 9.17) is 4.74 Å². The molecule has 1 fully saturated rings. The van der Waals surface area contributed by atoms with Crippen LogP contribution in [0.25, 0.3) is 11.1 Å². The fourth-order valence-corrected chi connectivity index (χ4v) is 4.54. The van der Waals surface area contributed by atoms with E-state index in [0.717, 1.165) is 24.8 Å². The molecule has 0 bridgehead atoms. The quantitative estimate of drug-likeness (QED) is 0.342. The van der Waals surface area contributed by atoms with E-state index in [9.17, 15) is 13.2 Å². The molecule has 0 amide bonds. The van der Waals surface area contributed by atoms with Gasteiger partial charge in [-0.2, -0.15) is 0 Å². The maximum Gasteiger partial charge on any atom is 0.167 e. The Labute approximate surface area is 185 Å². The fraction of sp³-hybridized carbons (Fsp3) is 0.556. The van der Waals surface area contributed by atoms with Crippen LogP contribution in [0.4, 0.5) is 13.2 Å². The molecule has 2 unspecified atom stereocenters. The summed E-state index contributed by atoms with van der Waals surface area (Å²) < 4.78 is 49.8. The van der Waals surface area contributed by atoms with Crippen LogP contribution in [-0.4, -0.2) is 6.61 Å². The van der Waals surface area contributed by atoms with Crippen molar-refractivity contribution in [1.82, 2.24) is 0 Å². The van der Waals surface area contributed by atoms with Crippen molar-refractivity contribution in [2.75, 3.05) is 6.61 Å². The highest BCUT2D eigenvalue weighted by atomic mass is 19.2. The van der Waals surface area contributed by atoms with Crippen LogP contribution < -0.4 is 0 Å². The van der Waals surface area contributed by atoms with Gasteiger partial charge in [0.25, 0.3) is 0 Å². The molecule has 4 heteroatoms. The molecular formula is C27H35F3O. The SMILES string of the molecule is CCCCCCCC1CCC(c2ccc(-c3ccc(CCC)c(F)c3F)c(F)c2)OC1. The van der Waals surface area contributed by atoms with E-state index in [0.29, 0.717) is 24.5 Å². The van der Waals surface area contributed by atoms with Gasteiger partial charge in [0.05, 0.1) is 12.7 Å². The van der Waals surface area contributed by atoms with Crippen molar-refractivity contribution >= 4 is 0 Å². The molecule has 0 N–H and O–H groups in total. The van der Waals surface area contributed by atoms with Gasteiger partial charge in [-0.3, -0.25) is 0 Å². The third-order valence-electron chi connectivity index (χ3n) is 6.42. The van der Waals surface area contributed by atoms with Crippen molar-refractivity contribution in [3.05, 3.63) is 58.9 Å². The van der Waals surface area contributed by atoms with Crippen LogP contribution in [0.5, 0.6) is 0 Å². The standard InChI is InChI=1S/C27H35F3O/c1-3-5-6-7-8-10-19-11-16-25(31-18-19)21-13-14-22(24(28)17-21)23-15-12-20(9-4-2)26(29)27(23)30/h12-15,17,19,25H,3-11,16,18H2,1-2H3. The molecule has 0 aromatic heterocycles. The Hall–Kier alpha value is -1.81. The van der Waals surface area contributed by atoms with E-state index in [2.05, 4.69) is 6.92 Å². The lowest BCUT2D eigenvalue weighted by atomic mass is 9.90. The molecule has 1 saturated heterocycles. The lowest BCUT2D eigenvalue weighted by Crippen LogP contribution is -2.20. The van der Waals surface area contributed by atoms with Crippen molar-refractivity contribution in [2.24, 2.45) is 5.92 Å². The van der Waals surface area contributed by atoms with E-state index >= 15 is 0 Å². The van der Waals surface area contributed by atoms with Gasteiger partial charge in [-0.15, -0.1) is 0 Å². The van der Waals surface area contributed by atoms with Gasteiger partial charge in [-0.05, 0) is 48.8 Å². The summed E-state index contributed by atoms with van der Waals surface area (Å²) in [5.74, 6) is -1.81. The Balaban J connectivity index is 1.61. The van der Waals surface area contributed by atoms with E-state index in [1.807, 2.05) is 6.92 Å². The van der Waals surface area contributed by atoms with Gasteiger partial charge in [-0.1, -0.05) is 76.6 Å². The average molecular weight is 433 g/mol. The molecule has 2 atom stereocenters. The number of benzene rings is 2. The normalized spacial score (nSPS) is 19.0. The number of rotatable bonds is 10. The van der Waals surface area contributed by atoms with Crippen molar-refractivity contribution in [3.8, 4) is 11.1 Å². The molecule has 2 aromatic carbocycles. The molecule has 0 aliphatic carbocycles. The second kappa shape index (κ2) is 11.7. The van der Waals surface area contributed by atoms with E-state index < -0.39 is 17.5 Å². The number of halogens is 3. The van der Waals surface area contributed by atoms with Crippen molar-refractivity contribution < 1.29 is 17.9 Å². The van der Waals surface area contributed by atoms with E-state index in [1.54, 1.807) is 18.2 Å². The minimum Gasteiger partial charge on any atom is -0.373 e. The molecule has 31 heavy (non-hydrogen) atoms. The summed E-state index contributed by atoms with van der Waals surface area (Å²) in [5.41, 5.74) is 1.15. The fourth-order valence-electron chi connectivity index (χ4n) is 4.54. The first-order valence-corrected chi connectivity index (χ1v) is 11.9. The highest BCUT2D eigenvalue weighted by molar-refractivity contribution is 5.66. The van der Waals surface area contributed by atoms with Crippen LogP contribution in [0.15, 0.2) is 30.3 Å². The number of unbranched alkanes of at least 4 members (excludes halogenated alkanes) is 4. The zero-order valence-electron chi connectivity index (χ0n) is 18.9. The van der Waals surface area contributed by atoms with Gasteiger partial charge in [-0.25, -0.2) is 13.2 Å². The lowest BCUT2D eigenvalue weighted by molar-refractivity contribution is -0.0200. The summed E-state index contributed by atoms with van der Waals surface area (Å²) in [7, 11) is 0. The predicted octanol–water partition coefficient (Wildman–Crippen LogP) is 8.55. The van der Waals surface area contributed by atoms with Crippen LogP contribution in [0.2, 0.25) is 0 Å². The maximum absolute atomic E-state index is 14.9. The molecule has 0 spiro atoms. The molecule has 170 valence electrons. The first kappa shape index (κ1) is 23.8. The Morgan fingerprint density at radius 1 is 0.839 bits per heavy atom. The van der Waals surface area contributed by atoms with Crippen LogP contribution in [-0.2, 0) is 11.2 Å². The van der Waals surface area contributed by atoms with Gasteiger partial charge in [0.2, 0.25) is 0 Å². The monoisotopic (exact) mass is 432 g/mol. The first-order valence-electron chi connectivity index (χ1n) is 11.9. The smallest absolute Gasteiger partial charge is 0.167 e. The third kappa shape index (κ3) is 6.12.